The molecule has 1 heterocycles. The van der Waals surface area contributed by atoms with Crippen LogP contribution in [0, 0.1) is 0 Å². The average Bonchev–Trinajstić information content (AvgIpc) is 3.18. The summed E-state index contributed by atoms with van der Waals surface area (Å²) in [6.45, 7) is 3.38. The summed E-state index contributed by atoms with van der Waals surface area (Å²) in [7, 11) is 0. The maximum absolute atomic E-state index is 13.0. The van der Waals surface area contributed by atoms with Crippen LogP contribution >= 0.6 is 0 Å². The molecule has 11 nitrogen and oxygen atoms in total. The molecule has 0 aliphatic carbocycles. The first-order chi connectivity index (χ1) is 26.7. The first-order valence-electron chi connectivity index (χ1n) is 22.2. The number of unbranched alkanes of at least 4 members (excludes halogenated alkanes) is 20. The SMILES string of the molecule is CCCCCC/C=C/CC/C=C/CCCC(O)C(O)C(COC1OC(CO)C(O)C(O)C1O)NC(=O)C(O)CCCCCCCCCCCCCCCCC. The van der Waals surface area contributed by atoms with Gasteiger partial charge in [-0.3, -0.25) is 4.79 Å². The van der Waals surface area contributed by atoms with Crippen LogP contribution in [-0.2, 0) is 14.3 Å². The zero-order valence-corrected chi connectivity index (χ0v) is 34.7. The molecule has 9 atom stereocenters. The molecule has 1 aliphatic rings. The molecule has 0 aromatic rings. The van der Waals surface area contributed by atoms with E-state index >= 15 is 0 Å². The van der Waals surface area contributed by atoms with Gasteiger partial charge in [0.2, 0.25) is 5.91 Å². The molecule has 0 aromatic heterocycles. The van der Waals surface area contributed by atoms with Crippen LogP contribution in [0.2, 0.25) is 0 Å². The van der Waals surface area contributed by atoms with Gasteiger partial charge in [-0.25, -0.2) is 0 Å². The predicted molar refractivity (Wildman–Crippen MR) is 219 cm³/mol. The minimum absolute atomic E-state index is 0.247. The Hall–Kier alpha value is -1.41. The molecule has 8 N–H and O–H groups in total. The van der Waals surface area contributed by atoms with Gasteiger partial charge >= 0.3 is 0 Å². The lowest BCUT2D eigenvalue weighted by molar-refractivity contribution is -0.303. The van der Waals surface area contributed by atoms with Crippen molar-refractivity contribution in [3.8, 4) is 0 Å². The molecule has 55 heavy (non-hydrogen) atoms. The van der Waals surface area contributed by atoms with Gasteiger partial charge in [-0.1, -0.05) is 154 Å². The van der Waals surface area contributed by atoms with Crippen LogP contribution in [-0.4, -0.2) is 110 Å². The number of carbonyl (C=O) groups excluding carboxylic acids is 1. The number of rotatable bonds is 36. The van der Waals surface area contributed by atoms with Crippen molar-refractivity contribution in [3.05, 3.63) is 24.3 Å². The molecule has 1 amide bonds. The Balaban J connectivity index is 2.51. The Morgan fingerprint density at radius 3 is 1.62 bits per heavy atom. The van der Waals surface area contributed by atoms with Gasteiger partial charge in [-0.2, -0.15) is 0 Å². The van der Waals surface area contributed by atoms with Crippen LogP contribution in [0.5, 0.6) is 0 Å². The highest BCUT2D eigenvalue weighted by Crippen LogP contribution is 2.23. The molecule has 0 bridgehead atoms. The Morgan fingerprint density at radius 1 is 0.618 bits per heavy atom. The number of hydrogen-bond donors (Lipinski definition) is 8. The quantitative estimate of drug-likeness (QED) is 0.0252. The fourth-order valence-electron chi connectivity index (χ4n) is 6.98. The van der Waals surface area contributed by atoms with Gasteiger partial charge in [0.05, 0.1) is 25.4 Å². The van der Waals surface area contributed by atoms with Crippen LogP contribution in [0.25, 0.3) is 0 Å². The minimum atomic E-state index is -1.67. The monoisotopic (exact) mass is 786 g/mol. The summed E-state index contributed by atoms with van der Waals surface area (Å²) in [5, 5.41) is 75.4. The van der Waals surface area contributed by atoms with E-state index in [0.29, 0.717) is 19.3 Å². The first kappa shape index (κ1) is 51.6. The highest BCUT2D eigenvalue weighted by Gasteiger charge is 2.44. The third kappa shape index (κ3) is 24.9. The molecule has 0 saturated carbocycles. The van der Waals surface area contributed by atoms with Gasteiger partial charge < -0.3 is 50.5 Å². The molecular weight excluding hydrogens is 702 g/mol. The van der Waals surface area contributed by atoms with Crippen molar-refractivity contribution in [2.75, 3.05) is 13.2 Å². The fourth-order valence-corrected chi connectivity index (χ4v) is 6.98. The molecular formula is C44H83NO10. The van der Waals surface area contributed by atoms with E-state index in [9.17, 15) is 40.5 Å². The van der Waals surface area contributed by atoms with Crippen molar-refractivity contribution in [2.24, 2.45) is 0 Å². The fraction of sp³-hybridized carbons (Fsp3) is 0.886. The second-order valence-electron chi connectivity index (χ2n) is 15.8. The van der Waals surface area contributed by atoms with Crippen LogP contribution in [0.3, 0.4) is 0 Å². The molecule has 0 aromatic carbocycles. The molecule has 324 valence electrons. The summed E-state index contributed by atoms with van der Waals surface area (Å²) in [6, 6.07) is -1.19. The van der Waals surface area contributed by atoms with Gasteiger partial charge in [0.25, 0.3) is 0 Å². The van der Waals surface area contributed by atoms with Crippen molar-refractivity contribution >= 4 is 5.91 Å². The number of allylic oxidation sites excluding steroid dienone is 4. The number of amides is 1. The smallest absolute Gasteiger partial charge is 0.249 e. The summed E-state index contributed by atoms with van der Waals surface area (Å²) in [5.41, 5.74) is 0. The Labute approximate surface area is 334 Å². The molecule has 11 heteroatoms. The second-order valence-corrected chi connectivity index (χ2v) is 15.8. The molecule has 1 saturated heterocycles. The molecule has 0 spiro atoms. The van der Waals surface area contributed by atoms with Gasteiger partial charge in [0.1, 0.15) is 36.6 Å². The summed E-state index contributed by atoms with van der Waals surface area (Å²) < 4.78 is 11.0. The van der Waals surface area contributed by atoms with Crippen molar-refractivity contribution in [3.63, 3.8) is 0 Å². The first-order valence-corrected chi connectivity index (χ1v) is 22.2. The average molecular weight is 786 g/mol. The number of carbonyl (C=O) groups is 1. The van der Waals surface area contributed by atoms with Gasteiger partial charge in [0, 0.05) is 0 Å². The topological polar surface area (TPSA) is 189 Å². The van der Waals surface area contributed by atoms with Gasteiger partial charge in [0.15, 0.2) is 6.29 Å². The molecule has 1 rings (SSSR count). The van der Waals surface area contributed by atoms with E-state index in [1.54, 1.807) is 0 Å². The van der Waals surface area contributed by atoms with E-state index in [0.717, 1.165) is 38.5 Å². The summed E-state index contributed by atoms with van der Waals surface area (Å²) in [5.74, 6) is -0.711. The summed E-state index contributed by atoms with van der Waals surface area (Å²) in [6.07, 6.45) is 25.1. The second kappa shape index (κ2) is 34.6. The van der Waals surface area contributed by atoms with E-state index < -0.39 is 74.2 Å². The normalized spacial score (nSPS) is 22.7. The Morgan fingerprint density at radius 2 is 1.09 bits per heavy atom. The zero-order valence-electron chi connectivity index (χ0n) is 34.7. The van der Waals surface area contributed by atoms with Crippen LogP contribution in [0.15, 0.2) is 24.3 Å². The molecule has 9 unspecified atom stereocenters. The predicted octanol–water partition coefficient (Wildman–Crippen LogP) is 6.67. The Bertz CT molecular complexity index is 950. The largest absolute Gasteiger partial charge is 0.394 e. The number of hydrogen-bond acceptors (Lipinski definition) is 10. The molecule has 1 fully saturated rings. The van der Waals surface area contributed by atoms with Crippen molar-refractivity contribution < 1.29 is 50.0 Å². The number of ether oxygens (including phenoxy) is 2. The standard InChI is InChI=1S/C44H83NO10/c1-3-5-7-9-11-13-15-17-18-20-22-24-26-28-30-32-37(48)43(53)45-35(34-54-44-42(52)41(51)40(50)38(33-46)55-44)39(49)36(47)31-29-27-25-23-21-19-16-14-12-10-8-6-4-2/h14,16,23,25,35-42,44,46-52H,3-13,15,17-22,24,26-34H2,1-2H3,(H,45,53)/b16-14+,25-23+. The lowest BCUT2D eigenvalue weighted by atomic mass is 9.98. The summed E-state index contributed by atoms with van der Waals surface area (Å²) >= 11 is 0. The van der Waals surface area contributed by atoms with E-state index in [1.165, 1.54) is 96.3 Å². The van der Waals surface area contributed by atoms with Crippen molar-refractivity contribution in [1.29, 1.82) is 0 Å². The highest BCUT2D eigenvalue weighted by molar-refractivity contribution is 5.80. The summed E-state index contributed by atoms with van der Waals surface area (Å²) in [4.78, 5) is 13.0. The third-order valence-corrected chi connectivity index (χ3v) is 10.7. The van der Waals surface area contributed by atoms with E-state index in [1.807, 2.05) is 0 Å². The highest BCUT2D eigenvalue weighted by atomic mass is 16.7. The van der Waals surface area contributed by atoms with Crippen molar-refractivity contribution in [1.82, 2.24) is 5.32 Å². The van der Waals surface area contributed by atoms with E-state index in [-0.39, 0.29) is 12.8 Å². The molecule has 1 aliphatic heterocycles. The van der Waals surface area contributed by atoms with Crippen LogP contribution in [0.1, 0.15) is 181 Å². The van der Waals surface area contributed by atoms with Crippen LogP contribution < -0.4 is 5.32 Å². The lowest BCUT2D eigenvalue weighted by Crippen LogP contribution is -2.60. The van der Waals surface area contributed by atoms with Gasteiger partial charge in [-0.05, 0) is 51.4 Å². The van der Waals surface area contributed by atoms with E-state index in [2.05, 4.69) is 43.5 Å². The van der Waals surface area contributed by atoms with Crippen molar-refractivity contribution in [2.45, 2.75) is 236 Å². The number of aliphatic hydroxyl groups is 7. The Kier molecular flexibility index (Phi) is 32.5. The zero-order chi connectivity index (χ0) is 40.5. The minimum Gasteiger partial charge on any atom is -0.394 e. The number of nitrogens with one attached hydrogen (secondary N) is 1. The maximum Gasteiger partial charge on any atom is 0.249 e. The van der Waals surface area contributed by atoms with Gasteiger partial charge in [-0.15, -0.1) is 0 Å². The number of aliphatic hydroxyl groups excluding tert-OH is 7. The van der Waals surface area contributed by atoms with E-state index in [4.69, 9.17) is 9.47 Å². The molecule has 0 radical (unpaired) electrons. The third-order valence-electron chi connectivity index (χ3n) is 10.7. The lowest BCUT2D eigenvalue weighted by Gasteiger charge is -2.40. The maximum atomic E-state index is 13.0. The van der Waals surface area contributed by atoms with Crippen LogP contribution in [0.4, 0.5) is 0 Å².